The third-order valence-electron chi connectivity index (χ3n) is 1.93. The summed E-state index contributed by atoms with van der Waals surface area (Å²) in [5.74, 6) is 0. The fourth-order valence-corrected chi connectivity index (χ4v) is 1.56. The fourth-order valence-electron chi connectivity index (χ4n) is 1.21. The molecule has 0 heterocycles. The minimum absolute atomic E-state index is 0.00377. The maximum Gasteiger partial charge on any atom is 0.416 e. The number of halogens is 4. The van der Waals surface area contributed by atoms with Gasteiger partial charge in [0.05, 0.1) is 11.3 Å². The number of rotatable bonds is 1. The molecule has 0 aliphatic carbocycles. The molecule has 7 heteroatoms. The molecule has 1 aromatic rings. The van der Waals surface area contributed by atoms with Crippen molar-refractivity contribution >= 4 is 27.7 Å². The van der Waals surface area contributed by atoms with Crippen molar-refractivity contribution in [3.8, 4) is 0 Å². The van der Waals surface area contributed by atoms with Gasteiger partial charge in [-0.2, -0.15) is 13.2 Å². The van der Waals surface area contributed by atoms with Crippen LogP contribution in [0.15, 0.2) is 22.7 Å². The number of amides is 1. The fraction of sp³-hybridized carbons (Fsp3) is 0.417. The Morgan fingerprint density at radius 1 is 1.26 bits per heavy atom. The van der Waals surface area contributed by atoms with E-state index < -0.39 is 23.4 Å². The standard InChI is InChI=1S/C12H13BrF3NO2/c1-11(2,3)19-10(18)17-9-6-7(12(14,15)16)4-5-8(9)13/h4-6H,1-3H3,(H,17,18). The molecule has 1 aromatic carbocycles. The van der Waals surface area contributed by atoms with Gasteiger partial charge in [-0.1, -0.05) is 0 Å². The first-order valence-corrected chi connectivity index (χ1v) is 6.15. The molecule has 106 valence electrons. The first-order valence-electron chi connectivity index (χ1n) is 5.36. The van der Waals surface area contributed by atoms with Crippen LogP contribution in [0.4, 0.5) is 23.7 Å². The Kier molecular flexibility index (Phi) is 4.50. The van der Waals surface area contributed by atoms with E-state index in [1.807, 2.05) is 0 Å². The van der Waals surface area contributed by atoms with E-state index in [0.717, 1.165) is 12.1 Å². The molecule has 0 unspecified atom stereocenters. The summed E-state index contributed by atoms with van der Waals surface area (Å²) in [4.78, 5) is 11.5. The van der Waals surface area contributed by atoms with E-state index in [0.29, 0.717) is 4.47 Å². The summed E-state index contributed by atoms with van der Waals surface area (Å²) in [5.41, 5.74) is -1.57. The Bertz CT molecular complexity index is 481. The Balaban J connectivity index is 2.92. The van der Waals surface area contributed by atoms with Crippen LogP contribution < -0.4 is 5.32 Å². The topological polar surface area (TPSA) is 38.3 Å². The number of alkyl halides is 3. The van der Waals surface area contributed by atoms with E-state index in [4.69, 9.17) is 4.74 Å². The van der Waals surface area contributed by atoms with Crippen molar-refractivity contribution < 1.29 is 22.7 Å². The molecule has 0 saturated heterocycles. The Morgan fingerprint density at radius 3 is 2.32 bits per heavy atom. The second kappa shape index (κ2) is 5.40. The van der Waals surface area contributed by atoms with Crippen LogP contribution in [0.2, 0.25) is 0 Å². The summed E-state index contributed by atoms with van der Waals surface area (Å²) in [6.07, 6.45) is -5.28. The zero-order valence-electron chi connectivity index (χ0n) is 10.6. The van der Waals surface area contributed by atoms with Crippen LogP contribution in [0.25, 0.3) is 0 Å². The third kappa shape index (κ3) is 5.10. The normalized spacial score (nSPS) is 12.2. The van der Waals surface area contributed by atoms with Crippen LogP contribution >= 0.6 is 15.9 Å². The molecule has 0 saturated carbocycles. The highest BCUT2D eigenvalue weighted by Gasteiger charge is 2.31. The van der Waals surface area contributed by atoms with Gasteiger partial charge in [0.25, 0.3) is 0 Å². The van der Waals surface area contributed by atoms with Gasteiger partial charge in [-0.25, -0.2) is 4.79 Å². The van der Waals surface area contributed by atoms with E-state index in [1.54, 1.807) is 20.8 Å². The van der Waals surface area contributed by atoms with E-state index in [2.05, 4.69) is 21.2 Å². The smallest absolute Gasteiger partial charge is 0.416 e. The predicted molar refractivity (Wildman–Crippen MR) is 69.0 cm³/mol. The van der Waals surface area contributed by atoms with Gasteiger partial charge in [0, 0.05) is 4.47 Å². The number of hydrogen-bond donors (Lipinski definition) is 1. The third-order valence-corrected chi connectivity index (χ3v) is 2.62. The van der Waals surface area contributed by atoms with Crippen molar-refractivity contribution in [2.45, 2.75) is 32.5 Å². The zero-order valence-corrected chi connectivity index (χ0v) is 12.1. The van der Waals surface area contributed by atoms with Crippen LogP contribution in [0.3, 0.4) is 0 Å². The number of nitrogens with one attached hydrogen (secondary N) is 1. The molecule has 1 N–H and O–H groups in total. The number of anilines is 1. The van der Waals surface area contributed by atoms with Crippen LogP contribution in [0.5, 0.6) is 0 Å². The van der Waals surface area contributed by atoms with Gasteiger partial charge in [-0.05, 0) is 54.9 Å². The molecule has 0 aliphatic rings. The zero-order chi connectivity index (χ0) is 14.8. The van der Waals surface area contributed by atoms with Crippen molar-refractivity contribution in [1.82, 2.24) is 0 Å². The first kappa shape index (κ1) is 15.8. The molecule has 19 heavy (non-hydrogen) atoms. The summed E-state index contributed by atoms with van der Waals surface area (Å²) in [6, 6.07) is 2.98. The molecule has 3 nitrogen and oxygen atoms in total. The number of hydrogen-bond acceptors (Lipinski definition) is 2. The lowest BCUT2D eigenvalue weighted by atomic mass is 10.2. The molecular weight excluding hydrogens is 327 g/mol. The van der Waals surface area contributed by atoms with Gasteiger partial charge in [-0.15, -0.1) is 0 Å². The summed E-state index contributed by atoms with van der Waals surface area (Å²) in [7, 11) is 0. The summed E-state index contributed by atoms with van der Waals surface area (Å²) in [5, 5.41) is 2.27. The van der Waals surface area contributed by atoms with Crippen molar-refractivity contribution in [3.05, 3.63) is 28.2 Å². The maximum absolute atomic E-state index is 12.5. The quantitative estimate of drug-likeness (QED) is 0.796. The highest BCUT2D eigenvalue weighted by Crippen LogP contribution is 2.34. The highest BCUT2D eigenvalue weighted by molar-refractivity contribution is 9.10. The van der Waals surface area contributed by atoms with Gasteiger partial charge in [0.15, 0.2) is 0 Å². The monoisotopic (exact) mass is 339 g/mol. The minimum Gasteiger partial charge on any atom is -0.444 e. The molecule has 0 radical (unpaired) electrons. The lowest BCUT2D eigenvalue weighted by Gasteiger charge is -2.20. The van der Waals surface area contributed by atoms with Gasteiger partial charge in [0.1, 0.15) is 5.60 Å². The van der Waals surface area contributed by atoms with E-state index >= 15 is 0 Å². The van der Waals surface area contributed by atoms with Crippen molar-refractivity contribution in [2.75, 3.05) is 5.32 Å². The molecular formula is C12H13BrF3NO2. The minimum atomic E-state index is -4.47. The van der Waals surface area contributed by atoms with Crippen molar-refractivity contribution in [2.24, 2.45) is 0 Å². The average molecular weight is 340 g/mol. The second-order valence-corrected chi connectivity index (χ2v) is 5.67. The van der Waals surface area contributed by atoms with Gasteiger partial charge in [0.2, 0.25) is 0 Å². The van der Waals surface area contributed by atoms with E-state index in [-0.39, 0.29) is 5.69 Å². The van der Waals surface area contributed by atoms with E-state index in [1.165, 1.54) is 6.07 Å². The molecule has 1 rings (SSSR count). The Labute approximate surface area is 117 Å². The number of carbonyl (C=O) groups is 1. The summed E-state index contributed by atoms with van der Waals surface area (Å²) in [6.45, 7) is 4.98. The molecule has 0 spiro atoms. The lowest BCUT2D eigenvalue weighted by molar-refractivity contribution is -0.137. The molecule has 1 amide bonds. The van der Waals surface area contributed by atoms with Gasteiger partial charge in [-0.3, -0.25) is 5.32 Å². The maximum atomic E-state index is 12.5. The van der Waals surface area contributed by atoms with E-state index in [9.17, 15) is 18.0 Å². The lowest BCUT2D eigenvalue weighted by Crippen LogP contribution is -2.27. The Hall–Kier alpha value is -1.24. The van der Waals surface area contributed by atoms with Crippen LogP contribution in [-0.4, -0.2) is 11.7 Å². The summed E-state index contributed by atoms with van der Waals surface area (Å²) >= 11 is 3.07. The average Bonchev–Trinajstić information content (AvgIpc) is 2.16. The predicted octanol–water partition coefficient (Wildman–Crippen LogP) is 4.81. The van der Waals surface area contributed by atoms with Crippen LogP contribution in [0.1, 0.15) is 26.3 Å². The SMILES string of the molecule is CC(C)(C)OC(=O)Nc1cc(C(F)(F)F)ccc1Br. The highest BCUT2D eigenvalue weighted by atomic mass is 79.9. The Morgan fingerprint density at radius 2 is 1.84 bits per heavy atom. The number of ether oxygens (including phenoxy) is 1. The van der Waals surface area contributed by atoms with Gasteiger partial charge < -0.3 is 4.74 Å². The van der Waals surface area contributed by atoms with Crippen molar-refractivity contribution in [3.63, 3.8) is 0 Å². The van der Waals surface area contributed by atoms with Crippen molar-refractivity contribution in [1.29, 1.82) is 0 Å². The second-order valence-electron chi connectivity index (χ2n) is 4.82. The van der Waals surface area contributed by atoms with Gasteiger partial charge >= 0.3 is 12.3 Å². The molecule has 0 aromatic heterocycles. The van der Waals surface area contributed by atoms with Crippen LogP contribution in [-0.2, 0) is 10.9 Å². The molecule has 0 aliphatic heterocycles. The van der Waals surface area contributed by atoms with Crippen LogP contribution in [0, 0.1) is 0 Å². The first-order chi connectivity index (χ1) is 8.49. The molecule has 0 fully saturated rings. The largest absolute Gasteiger partial charge is 0.444 e. The number of benzene rings is 1. The number of carbonyl (C=O) groups excluding carboxylic acids is 1. The summed E-state index contributed by atoms with van der Waals surface area (Å²) < 4.78 is 43.0. The molecule has 0 bridgehead atoms. The molecule has 0 atom stereocenters.